The van der Waals surface area contributed by atoms with Crippen LogP contribution in [0.15, 0.2) is 36.5 Å². The average molecular weight is 750 g/mol. The Morgan fingerprint density at radius 2 is 1.77 bits per heavy atom. The molecule has 2 fully saturated rings. The Morgan fingerprint density at radius 3 is 2.38 bits per heavy atom. The standard InChI is InChI=1S/C32H35F2N7O5.C2HF3O2/c1-19-15-21(38-30(42)29-37-17-25(39(29)2)24-5-6-26(46-13-9-35)28(34)27(24)33)3-4-23(19)32(44)40-10-7-20(8-11-40)31(43)41-12-14-45-22(16-36)18-41;3-2(4,5)1(6)7/h3-6,15,17,20,22H,7-8,10-14,16,18,36H2,1-2H3,(H,38,42);(H,6,7)/t22-;/m0./s1. The molecule has 2 aliphatic heterocycles. The summed E-state index contributed by atoms with van der Waals surface area (Å²) in [5.41, 5.74) is 7.29. The summed E-state index contributed by atoms with van der Waals surface area (Å²) < 4.78 is 72.8. The molecule has 0 aliphatic carbocycles. The molecule has 2 saturated heterocycles. The molecule has 284 valence electrons. The predicted molar refractivity (Wildman–Crippen MR) is 176 cm³/mol. The second-order valence-corrected chi connectivity index (χ2v) is 12.1. The number of anilines is 1. The van der Waals surface area contributed by atoms with E-state index >= 15 is 0 Å². The molecule has 2 aromatic carbocycles. The van der Waals surface area contributed by atoms with E-state index in [-0.39, 0.29) is 40.9 Å². The van der Waals surface area contributed by atoms with Gasteiger partial charge in [0.05, 0.1) is 24.6 Å². The van der Waals surface area contributed by atoms with Crippen LogP contribution >= 0.6 is 0 Å². The van der Waals surface area contributed by atoms with Gasteiger partial charge >= 0.3 is 12.1 Å². The summed E-state index contributed by atoms with van der Waals surface area (Å²) in [6, 6.07) is 9.10. The number of halogens is 5. The van der Waals surface area contributed by atoms with Gasteiger partial charge in [-0.15, -0.1) is 0 Å². The lowest BCUT2D eigenvalue weighted by atomic mass is 9.94. The van der Waals surface area contributed by atoms with Crippen molar-refractivity contribution in [1.29, 1.82) is 5.26 Å². The summed E-state index contributed by atoms with van der Waals surface area (Å²) >= 11 is 0. The zero-order valence-corrected chi connectivity index (χ0v) is 28.6. The van der Waals surface area contributed by atoms with Gasteiger partial charge in [-0.25, -0.2) is 14.2 Å². The number of imidazole rings is 1. The molecular weight excluding hydrogens is 713 g/mol. The number of carbonyl (C=O) groups is 4. The minimum atomic E-state index is -5.08. The van der Waals surface area contributed by atoms with E-state index in [1.165, 1.54) is 29.9 Å². The second-order valence-electron chi connectivity index (χ2n) is 12.1. The van der Waals surface area contributed by atoms with Gasteiger partial charge in [-0.1, -0.05) is 0 Å². The number of hydrogen-bond donors (Lipinski definition) is 3. The van der Waals surface area contributed by atoms with Crippen LogP contribution < -0.4 is 15.8 Å². The van der Waals surface area contributed by atoms with Crippen LogP contribution in [-0.4, -0.2) is 106 Å². The van der Waals surface area contributed by atoms with E-state index in [0.717, 1.165) is 0 Å². The number of rotatable bonds is 8. The molecule has 19 heteroatoms. The van der Waals surface area contributed by atoms with Crippen molar-refractivity contribution in [1.82, 2.24) is 19.4 Å². The maximum absolute atomic E-state index is 14.8. The highest BCUT2D eigenvalue weighted by Gasteiger charge is 2.38. The van der Waals surface area contributed by atoms with Crippen LogP contribution in [0.25, 0.3) is 11.3 Å². The number of piperidine rings is 1. The number of likely N-dealkylation sites (tertiary alicyclic amines) is 1. The van der Waals surface area contributed by atoms with Gasteiger partial charge in [0.1, 0.15) is 6.07 Å². The normalized spacial score (nSPS) is 16.2. The zero-order chi connectivity index (χ0) is 39.0. The number of nitrogens with zero attached hydrogens (tertiary/aromatic N) is 5. The fourth-order valence-corrected chi connectivity index (χ4v) is 5.81. The van der Waals surface area contributed by atoms with Gasteiger partial charge in [0, 0.05) is 62.5 Å². The fraction of sp³-hybridized carbons (Fsp3) is 0.412. The largest absolute Gasteiger partial charge is 0.490 e. The Bertz CT molecular complexity index is 1890. The molecule has 2 aliphatic rings. The van der Waals surface area contributed by atoms with Crippen molar-refractivity contribution in [3.63, 3.8) is 0 Å². The van der Waals surface area contributed by atoms with Gasteiger partial charge in [0.2, 0.25) is 11.7 Å². The van der Waals surface area contributed by atoms with Gasteiger partial charge < -0.3 is 40.0 Å². The lowest BCUT2D eigenvalue weighted by Crippen LogP contribution is -2.51. The van der Waals surface area contributed by atoms with E-state index in [1.807, 2.05) is 4.90 Å². The van der Waals surface area contributed by atoms with E-state index in [1.54, 1.807) is 36.1 Å². The van der Waals surface area contributed by atoms with Crippen LogP contribution in [0, 0.1) is 35.8 Å². The number of aromatic nitrogens is 2. The third kappa shape index (κ3) is 9.64. The number of aliphatic carboxylic acids is 1. The van der Waals surface area contributed by atoms with E-state index in [4.69, 9.17) is 30.4 Å². The Kier molecular flexibility index (Phi) is 13.1. The first kappa shape index (κ1) is 40.2. The number of alkyl halides is 3. The highest BCUT2D eigenvalue weighted by molar-refractivity contribution is 6.03. The molecule has 4 N–H and O–H groups in total. The first-order chi connectivity index (χ1) is 25.1. The van der Waals surface area contributed by atoms with Crippen molar-refractivity contribution in [2.45, 2.75) is 32.0 Å². The first-order valence-corrected chi connectivity index (χ1v) is 16.2. The summed E-state index contributed by atoms with van der Waals surface area (Å²) in [6.45, 7) is 4.12. The molecule has 3 heterocycles. The molecule has 0 spiro atoms. The van der Waals surface area contributed by atoms with Crippen molar-refractivity contribution in [2.75, 3.05) is 51.3 Å². The van der Waals surface area contributed by atoms with Crippen molar-refractivity contribution in [3.8, 4) is 23.1 Å². The molecule has 0 bridgehead atoms. The minimum absolute atomic E-state index is 0.0505. The van der Waals surface area contributed by atoms with Crippen molar-refractivity contribution >= 4 is 29.4 Å². The smallest absolute Gasteiger partial charge is 0.476 e. The molecular formula is C34H36F5N7O7. The van der Waals surface area contributed by atoms with Crippen LogP contribution in [0.1, 0.15) is 39.4 Å². The lowest BCUT2D eigenvalue weighted by Gasteiger charge is -2.37. The Hall–Kier alpha value is -5.61. The van der Waals surface area contributed by atoms with Gasteiger partial charge in [0.15, 0.2) is 24.0 Å². The summed E-state index contributed by atoms with van der Waals surface area (Å²) in [5, 5.41) is 18.5. The molecule has 53 heavy (non-hydrogen) atoms. The van der Waals surface area contributed by atoms with Crippen LogP contribution in [0.4, 0.5) is 27.6 Å². The summed E-state index contributed by atoms with van der Waals surface area (Å²) in [6.07, 6.45) is -2.83. The van der Waals surface area contributed by atoms with E-state index in [2.05, 4.69) is 10.3 Å². The fourth-order valence-electron chi connectivity index (χ4n) is 5.81. The molecule has 1 aromatic heterocycles. The number of benzene rings is 2. The number of carboxylic acids is 1. The SMILES string of the molecule is Cc1cc(NC(=O)c2ncc(-c3ccc(OCC#N)c(F)c3F)n2C)ccc1C(=O)N1CCC(C(=O)N2CCO[C@@H](CN)C2)CC1.O=C(O)C(F)(F)F. The number of nitriles is 1. The quantitative estimate of drug-likeness (QED) is 0.287. The van der Waals surface area contributed by atoms with E-state index in [9.17, 15) is 36.3 Å². The molecule has 5 rings (SSSR count). The summed E-state index contributed by atoms with van der Waals surface area (Å²) in [5.74, 6) is -6.46. The maximum atomic E-state index is 14.8. The summed E-state index contributed by atoms with van der Waals surface area (Å²) in [4.78, 5) is 56.1. The molecule has 1 atom stereocenters. The van der Waals surface area contributed by atoms with Crippen LogP contribution in [-0.2, 0) is 21.4 Å². The predicted octanol–water partition coefficient (Wildman–Crippen LogP) is 3.50. The average Bonchev–Trinajstić information content (AvgIpc) is 3.52. The van der Waals surface area contributed by atoms with Gasteiger partial charge in [-0.3, -0.25) is 14.4 Å². The molecule has 14 nitrogen and oxygen atoms in total. The van der Waals surface area contributed by atoms with Crippen LogP contribution in [0.5, 0.6) is 5.75 Å². The zero-order valence-electron chi connectivity index (χ0n) is 28.6. The lowest BCUT2D eigenvalue weighted by molar-refractivity contribution is -0.192. The number of amides is 3. The third-order valence-electron chi connectivity index (χ3n) is 8.61. The second kappa shape index (κ2) is 17.3. The summed E-state index contributed by atoms with van der Waals surface area (Å²) in [7, 11) is 1.50. The number of nitrogens with one attached hydrogen (secondary N) is 1. The molecule has 0 radical (unpaired) electrons. The molecule has 3 aromatic rings. The molecule has 0 unspecified atom stereocenters. The molecule has 0 saturated carbocycles. The topological polar surface area (TPSA) is 193 Å². The van der Waals surface area contributed by atoms with Gasteiger partial charge in [-0.05, 0) is 55.7 Å². The van der Waals surface area contributed by atoms with Crippen molar-refractivity contribution < 1.29 is 55.7 Å². The maximum Gasteiger partial charge on any atom is 0.490 e. The van der Waals surface area contributed by atoms with E-state index < -0.39 is 42.0 Å². The Balaban J connectivity index is 0.000000815. The van der Waals surface area contributed by atoms with E-state index in [0.29, 0.717) is 69.0 Å². The highest BCUT2D eigenvalue weighted by atomic mass is 19.4. The number of carboxylic acid groups (broad SMARTS) is 1. The van der Waals surface area contributed by atoms with Crippen LogP contribution in [0.3, 0.4) is 0 Å². The molecule has 3 amide bonds. The van der Waals surface area contributed by atoms with Gasteiger partial charge in [-0.2, -0.15) is 22.8 Å². The number of morpholine rings is 1. The number of ether oxygens (including phenoxy) is 2. The number of nitrogens with two attached hydrogens (primary N) is 1. The van der Waals surface area contributed by atoms with Crippen molar-refractivity contribution in [2.24, 2.45) is 18.7 Å². The number of carbonyl (C=O) groups excluding carboxylic acids is 3. The van der Waals surface area contributed by atoms with Gasteiger partial charge in [0.25, 0.3) is 11.8 Å². The number of hydrogen-bond acceptors (Lipinski definition) is 9. The van der Waals surface area contributed by atoms with Crippen molar-refractivity contribution in [3.05, 3.63) is 65.1 Å². The highest BCUT2D eigenvalue weighted by Crippen LogP contribution is 2.31. The number of aryl methyl sites for hydroxylation is 1. The Labute approximate surface area is 299 Å². The Morgan fingerprint density at radius 1 is 1.09 bits per heavy atom. The van der Waals surface area contributed by atoms with Crippen LogP contribution in [0.2, 0.25) is 0 Å². The minimum Gasteiger partial charge on any atom is -0.476 e. The monoisotopic (exact) mass is 749 g/mol. The first-order valence-electron chi connectivity index (χ1n) is 16.2. The third-order valence-corrected chi connectivity index (χ3v) is 8.61.